The summed E-state index contributed by atoms with van der Waals surface area (Å²) in [5, 5.41) is 9.75. The minimum atomic E-state index is -0.495. The van der Waals surface area contributed by atoms with E-state index in [2.05, 4.69) is 11.3 Å². The molecule has 0 aromatic carbocycles. The zero-order valence-electron chi connectivity index (χ0n) is 6.35. The molecule has 0 N–H and O–H groups in total. The van der Waals surface area contributed by atoms with Crippen LogP contribution in [0.25, 0.3) is 0 Å². The van der Waals surface area contributed by atoms with E-state index in [9.17, 15) is 9.90 Å². The first kappa shape index (κ1) is 12.8. The van der Waals surface area contributed by atoms with Crippen LogP contribution >= 0.6 is 0 Å². The van der Waals surface area contributed by atoms with Gasteiger partial charge < -0.3 is 9.84 Å². The molecular weight excluding hydrogens is 143 g/mol. The Bertz CT molecular complexity index is 122. The SMILES string of the molecule is C=C(C)C(=O)OCC[O-].[Na+]. The van der Waals surface area contributed by atoms with Crippen molar-refractivity contribution >= 4 is 5.97 Å². The molecule has 0 saturated carbocycles. The van der Waals surface area contributed by atoms with Gasteiger partial charge in [0.1, 0.15) is 0 Å². The van der Waals surface area contributed by atoms with Gasteiger partial charge in [0.25, 0.3) is 0 Å². The van der Waals surface area contributed by atoms with Crippen LogP contribution in [0.3, 0.4) is 0 Å². The monoisotopic (exact) mass is 152 g/mol. The summed E-state index contributed by atoms with van der Waals surface area (Å²) in [4.78, 5) is 10.4. The molecule has 0 aliphatic carbocycles. The van der Waals surface area contributed by atoms with Gasteiger partial charge in [0.2, 0.25) is 0 Å². The second kappa shape index (κ2) is 7.28. The first-order valence-electron chi connectivity index (χ1n) is 2.59. The molecule has 0 aromatic rings. The predicted octanol–water partition coefficient (Wildman–Crippen LogP) is -3.53. The normalized spacial score (nSPS) is 7.80. The maximum atomic E-state index is 10.4. The van der Waals surface area contributed by atoms with Crippen LogP contribution in [0.15, 0.2) is 12.2 Å². The maximum Gasteiger partial charge on any atom is 1.00 e. The zero-order valence-corrected chi connectivity index (χ0v) is 8.35. The zero-order chi connectivity index (χ0) is 7.28. The fraction of sp³-hybridized carbons (Fsp3) is 0.500. The van der Waals surface area contributed by atoms with Crippen LogP contribution in [0.1, 0.15) is 6.92 Å². The molecular formula is C6H9NaO3. The van der Waals surface area contributed by atoms with E-state index in [4.69, 9.17) is 0 Å². The summed E-state index contributed by atoms with van der Waals surface area (Å²) in [5.74, 6) is -0.495. The van der Waals surface area contributed by atoms with E-state index in [1.54, 1.807) is 0 Å². The van der Waals surface area contributed by atoms with Gasteiger partial charge in [-0.3, -0.25) is 0 Å². The van der Waals surface area contributed by atoms with Gasteiger partial charge >= 0.3 is 35.5 Å². The van der Waals surface area contributed by atoms with Gasteiger partial charge in [0, 0.05) is 5.57 Å². The fourth-order valence-corrected chi connectivity index (χ4v) is 0.258. The van der Waals surface area contributed by atoms with Crippen molar-refractivity contribution in [3.8, 4) is 0 Å². The predicted molar refractivity (Wildman–Crippen MR) is 30.6 cm³/mol. The van der Waals surface area contributed by atoms with Gasteiger partial charge in [-0.1, -0.05) is 6.58 Å². The van der Waals surface area contributed by atoms with E-state index in [1.807, 2.05) is 0 Å². The van der Waals surface area contributed by atoms with Crippen molar-refractivity contribution < 1.29 is 44.2 Å². The Balaban J connectivity index is 0. The van der Waals surface area contributed by atoms with Crippen LogP contribution < -0.4 is 34.7 Å². The Hall–Kier alpha value is 0.170. The minimum Gasteiger partial charge on any atom is -0.852 e. The second-order valence-electron chi connectivity index (χ2n) is 1.62. The van der Waals surface area contributed by atoms with Crippen LogP contribution in [0.4, 0.5) is 0 Å². The van der Waals surface area contributed by atoms with E-state index in [1.165, 1.54) is 6.92 Å². The molecule has 0 aromatic heterocycles. The van der Waals surface area contributed by atoms with Crippen molar-refractivity contribution in [2.75, 3.05) is 13.2 Å². The molecule has 0 atom stereocenters. The first-order chi connectivity index (χ1) is 4.18. The maximum absolute atomic E-state index is 10.4. The number of carbonyl (C=O) groups is 1. The van der Waals surface area contributed by atoms with Crippen LogP contribution in [0.2, 0.25) is 0 Å². The molecule has 4 heteroatoms. The Kier molecular flexibility index (Phi) is 9.33. The quantitative estimate of drug-likeness (QED) is 0.239. The molecule has 0 aliphatic rings. The molecule has 10 heavy (non-hydrogen) atoms. The molecule has 0 saturated heterocycles. The Morgan fingerprint density at radius 2 is 2.20 bits per heavy atom. The Labute approximate surface area is 82.4 Å². The van der Waals surface area contributed by atoms with Gasteiger partial charge in [-0.2, -0.15) is 0 Å². The van der Waals surface area contributed by atoms with Crippen molar-refractivity contribution in [3.63, 3.8) is 0 Å². The van der Waals surface area contributed by atoms with Crippen LogP contribution in [-0.2, 0) is 9.53 Å². The first-order valence-corrected chi connectivity index (χ1v) is 2.59. The molecule has 0 spiro atoms. The third-order valence-electron chi connectivity index (χ3n) is 0.665. The summed E-state index contributed by atoms with van der Waals surface area (Å²) in [6, 6.07) is 0. The average molecular weight is 152 g/mol. The van der Waals surface area contributed by atoms with Crippen LogP contribution in [0, 0.1) is 0 Å². The second-order valence-corrected chi connectivity index (χ2v) is 1.62. The van der Waals surface area contributed by atoms with Crippen LogP contribution in [0.5, 0.6) is 0 Å². The molecule has 0 rings (SSSR count). The Morgan fingerprint density at radius 3 is 2.50 bits per heavy atom. The summed E-state index contributed by atoms with van der Waals surface area (Å²) in [6.45, 7) is 4.41. The summed E-state index contributed by atoms with van der Waals surface area (Å²) in [5.41, 5.74) is 0.323. The third-order valence-corrected chi connectivity index (χ3v) is 0.665. The topological polar surface area (TPSA) is 49.4 Å². The largest absolute Gasteiger partial charge is 1.00 e. The number of ether oxygens (including phenoxy) is 1. The number of hydrogen-bond acceptors (Lipinski definition) is 3. The molecule has 0 unspecified atom stereocenters. The molecule has 0 radical (unpaired) electrons. The van der Waals surface area contributed by atoms with E-state index in [0.717, 1.165) is 0 Å². The summed E-state index contributed by atoms with van der Waals surface area (Å²) in [7, 11) is 0. The molecule has 0 bridgehead atoms. The van der Waals surface area contributed by atoms with Crippen LogP contribution in [-0.4, -0.2) is 19.2 Å². The molecule has 0 fully saturated rings. The standard InChI is InChI=1S/C6H9O3.Na/c1-5(2)6(8)9-4-3-7;/h1,3-4H2,2H3;/q-1;+1. The van der Waals surface area contributed by atoms with Crippen molar-refractivity contribution in [2.45, 2.75) is 6.92 Å². The minimum absolute atomic E-state index is 0. The fourth-order valence-electron chi connectivity index (χ4n) is 0.258. The average Bonchev–Trinajstić information content (AvgIpc) is 1.82. The molecule has 52 valence electrons. The Morgan fingerprint density at radius 1 is 1.70 bits per heavy atom. The number of rotatable bonds is 3. The van der Waals surface area contributed by atoms with E-state index in [0.29, 0.717) is 5.57 Å². The van der Waals surface area contributed by atoms with E-state index in [-0.39, 0.29) is 42.8 Å². The van der Waals surface area contributed by atoms with Gasteiger partial charge in [-0.05, 0) is 6.92 Å². The number of esters is 1. The molecule has 0 aliphatic heterocycles. The smallest absolute Gasteiger partial charge is 0.852 e. The number of hydrogen-bond donors (Lipinski definition) is 0. The van der Waals surface area contributed by atoms with Crippen molar-refractivity contribution in [1.82, 2.24) is 0 Å². The summed E-state index contributed by atoms with van der Waals surface area (Å²) >= 11 is 0. The summed E-state index contributed by atoms with van der Waals surface area (Å²) < 4.78 is 4.40. The van der Waals surface area contributed by atoms with Gasteiger partial charge in [0.05, 0.1) is 6.61 Å². The summed E-state index contributed by atoms with van der Waals surface area (Å²) in [6.07, 6.45) is 0. The third kappa shape index (κ3) is 6.29. The van der Waals surface area contributed by atoms with Gasteiger partial charge in [-0.25, -0.2) is 4.79 Å². The molecule has 0 heterocycles. The van der Waals surface area contributed by atoms with Gasteiger partial charge in [-0.15, -0.1) is 6.61 Å². The number of carbonyl (C=O) groups excluding carboxylic acids is 1. The van der Waals surface area contributed by atoms with Crippen molar-refractivity contribution in [1.29, 1.82) is 0 Å². The van der Waals surface area contributed by atoms with E-state index < -0.39 is 5.97 Å². The molecule has 0 amide bonds. The molecule has 3 nitrogen and oxygen atoms in total. The van der Waals surface area contributed by atoms with Gasteiger partial charge in [0.15, 0.2) is 0 Å². The van der Waals surface area contributed by atoms with E-state index >= 15 is 0 Å². The van der Waals surface area contributed by atoms with Crippen molar-refractivity contribution in [2.24, 2.45) is 0 Å². The van der Waals surface area contributed by atoms with Crippen molar-refractivity contribution in [3.05, 3.63) is 12.2 Å².